The molecule has 0 saturated carbocycles. The molecule has 116 valence electrons. The minimum Gasteiger partial charge on any atom is -0.440 e. The minimum atomic E-state index is -0.423. The zero-order chi connectivity index (χ0) is 16.1. The van der Waals surface area contributed by atoms with E-state index in [4.69, 9.17) is 14.4 Å². The summed E-state index contributed by atoms with van der Waals surface area (Å²) in [4.78, 5) is 4.56. The second kappa shape index (κ2) is 7.08. The summed E-state index contributed by atoms with van der Waals surface area (Å²) in [5.41, 5.74) is 3.78. The molecule has 0 bridgehead atoms. The first-order valence-electron chi connectivity index (χ1n) is 7.72. The van der Waals surface area contributed by atoms with Crippen molar-refractivity contribution in [1.29, 1.82) is 5.26 Å². The molecule has 1 heterocycles. The molecule has 0 fully saturated rings. The van der Waals surface area contributed by atoms with Crippen molar-refractivity contribution in [1.82, 2.24) is 4.98 Å². The van der Waals surface area contributed by atoms with Crippen LogP contribution < -0.4 is 0 Å². The molecule has 23 heavy (non-hydrogen) atoms. The number of oxazole rings is 1. The van der Waals surface area contributed by atoms with Crippen molar-refractivity contribution in [3.63, 3.8) is 0 Å². The van der Waals surface area contributed by atoms with Crippen LogP contribution >= 0.6 is 0 Å². The van der Waals surface area contributed by atoms with Crippen molar-refractivity contribution in [3.05, 3.63) is 65.5 Å². The van der Waals surface area contributed by atoms with Crippen LogP contribution in [0.1, 0.15) is 23.9 Å². The van der Waals surface area contributed by atoms with Gasteiger partial charge < -0.3 is 9.15 Å². The predicted molar refractivity (Wildman–Crippen MR) is 88.0 cm³/mol. The van der Waals surface area contributed by atoms with Gasteiger partial charge >= 0.3 is 0 Å². The Bertz CT molecular complexity index is 818. The first-order chi connectivity index (χ1) is 11.3. The van der Waals surface area contributed by atoms with Gasteiger partial charge in [-0.15, -0.1) is 0 Å². The number of nitriles is 1. The smallest absolute Gasteiger partial charge is 0.199 e. The van der Waals surface area contributed by atoms with Crippen LogP contribution in [0.15, 0.2) is 52.9 Å². The van der Waals surface area contributed by atoms with Gasteiger partial charge in [-0.05, 0) is 30.2 Å². The van der Waals surface area contributed by atoms with E-state index in [2.05, 4.69) is 23.2 Å². The number of fused-ring (bicyclic) bond motifs is 1. The number of nitrogens with zero attached hydrogens (tertiary/aromatic N) is 2. The van der Waals surface area contributed by atoms with Crippen LogP contribution in [0, 0.1) is 11.3 Å². The molecule has 0 saturated heterocycles. The molecule has 0 aliphatic carbocycles. The zero-order valence-corrected chi connectivity index (χ0v) is 13.0. The summed E-state index contributed by atoms with van der Waals surface area (Å²) in [6.45, 7) is 2.42. The maximum absolute atomic E-state index is 9.09. The Kier molecular flexibility index (Phi) is 4.70. The van der Waals surface area contributed by atoms with Crippen molar-refractivity contribution in [2.24, 2.45) is 0 Å². The molecular weight excluding hydrogens is 288 g/mol. The molecule has 1 unspecified atom stereocenters. The molecule has 0 radical (unpaired) electrons. The van der Waals surface area contributed by atoms with Crippen molar-refractivity contribution < 1.29 is 9.15 Å². The Hall–Kier alpha value is -2.64. The second-order valence-electron chi connectivity index (χ2n) is 5.35. The summed E-state index contributed by atoms with van der Waals surface area (Å²) in [6, 6.07) is 18.1. The lowest BCUT2D eigenvalue weighted by molar-refractivity contribution is 0.102. The van der Waals surface area contributed by atoms with E-state index in [0.29, 0.717) is 25.3 Å². The SMILES string of the molecule is CCOC(C#N)Cc1ccc2oc(Cc3ccccc3)nc2c1. The number of hydrogen-bond donors (Lipinski definition) is 0. The van der Waals surface area contributed by atoms with Crippen LogP contribution in [0.2, 0.25) is 0 Å². The Morgan fingerprint density at radius 1 is 1.17 bits per heavy atom. The lowest BCUT2D eigenvalue weighted by Crippen LogP contribution is -2.13. The third kappa shape index (κ3) is 3.77. The van der Waals surface area contributed by atoms with Crippen molar-refractivity contribution in [2.75, 3.05) is 6.61 Å². The van der Waals surface area contributed by atoms with E-state index in [1.807, 2.05) is 43.3 Å². The molecule has 1 aromatic heterocycles. The molecule has 3 rings (SSSR count). The number of aromatic nitrogens is 1. The Morgan fingerprint density at radius 2 is 2.00 bits per heavy atom. The highest BCUT2D eigenvalue weighted by molar-refractivity contribution is 5.73. The summed E-state index contributed by atoms with van der Waals surface area (Å²) in [6.07, 6.45) is 0.805. The van der Waals surface area contributed by atoms with Gasteiger partial charge in [-0.3, -0.25) is 0 Å². The third-order valence-electron chi connectivity index (χ3n) is 3.63. The van der Waals surface area contributed by atoms with E-state index in [1.165, 1.54) is 5.56 Å². The molecule has 0 N–H and O–H groups in total. The van der Waals surface area contributed by atoms with Crippen molar-refractivity contribution >= 4 is 11.1 Å². The van der Waals surface area contributed by atoms with Gasteiger partial charge in [-0.2, -0.15) is 5.26 Å². The topological polar surface area (TPSA) is 59.0 Å². The molecule has 4 heteroatoms. The fraction of sp³-hybridized carbons (Fsp3) is 0.263. The first-order valence-corrected chi connectivity index (χ1v) is 7.72. The normalized spacial score (nSPS) is 12.2. The first kappa shape index (κ1) is 15.3. The highest BCUT2D eigenvalue weighted by Gasteiger charge is 2.11. The molecular formula is C19H18N2O2. The molecule has 3 aromatic rings. The maximum atomic E-state index is 9.09. The van der Waals surface area contributed by atoms with E-state index in [0.717, 1.165) is 16.7 Å². The summed E-state index contributed by atoms with van der Waals surface area (Å²) >= 11 is 0. The van der Waals surface area contributed by atoms with Crippen LogP contribution in [0.25, 0.3) is 11.1 Å². The Labute approximate surface area is 135 Å². The monoisotopic (exact) mass is 306 g/mol. The van der Waals surface area contributed by atoms with Crippen LogP contribution in [-0.2, 0) is 17.6 Å². The third-order valence-corrected chi connectivity index (χ3v) is 3.63. The molecule has 4 nitrogen and oxygen atoms in total. The number of hydrogen-bond acceptors (Lipinski definition) is 4. The lowest BCUT2D eigenvalue weighted by atomic mass is 10.1. The molecule has 2 aromatic carbocycles. The van der Waals surface area contributed by atoms with E-state index in [-0.39, 0.29) is 0 Å². The van der Waals surface area contributed by atoms with Gasteiger partial charge in [-0.1, -0.05) is 36.4 Å². The summed E-state index contributed by atoms with van der Waals surface area (Å²) in [5.74, 6) is 0.699. The van der Waals surface area contributed by atoms with E-state index in [1.54, 1.807) is 0 Å². The maximum Gasteiger partial charge on any atom is 0.199 e. The average Bonchev–Trinajstić information content (AvgIpc) is 2.96. The highest BCUT2D eigenvalue weighted by atomic mass is 16.5. The van der Waals surface area contributed by atoms with Gasteiger partial charge in [0.1, 0.15) is 11.6 Å². The van der Waals surface area contributed by atoms with Crippen LogP contribution in [0.3, 0.4) is 0 Å². The fourth-order valence-electron chi connectivity index (χ4n) is 2.55. The molecule has 0 spiro atoms. The predicted octanol–water partition coefficient (Wildman–Crippen LogP) is 3.89. The minimum absolute atomic E-state index is 0.423. The van der Waals surface area contributed by atoms with Crippen molar-refractivity contribution in [3.8, 4) is 6.07 Å². The number of benzene rings is 2. The van der Waals surface area contributed by atoms with E-state index in [9.17, 15) is 0 Å². The standard InChI is InChI=1S/C19H18N2O2/c1-2-22-16(13-20)10-15-8-9-18-17(11-15)21-19(23-18)12-14-6-4-3-5-7-14/h3-9,11,16H,2,10,12H2,1H3. The van der Waals surface area contributed by atoms with Gasteiger partial charge in [0.15, 0.2) is 11.5 Å². The largest absolute Gasteiger partial charge is 0.440 e. The fourth-order valence-corrected chi connectivity index (χ4v) is 2.55. The van der Waals surface area contributed by atoms with Gasteiger partial charge in [-0.25, -0.2) is 4.98 Å². The van der Waals surface area contributed by atoms with Crippen LogP contribution in [0.4, 0.5) is 0 Å². The summed E-state index contributed by atoms with van der Waals surface area (Å²) in [5, 5.41) is 9.09. The van der Waals surface area contributed by atoms with Crippen LogP contribution in [-0.4, -0.2) is 17.7 Å². The number of ether oxygens (including phenoxy) is 1. The van der Waals surface area contributed by atoms with Crippen molar-refractivity contribution in [2.45, 2.75) is 25.9 Å². The second-order valence-corrected chi connectivity index (χ2v) is 5.35. The Morgan fingerprint density at radius 3 is 2.74 bits per heavy atom. The summed E-state index contributed by atoms with van der Waals surface area (Å²) in [7, 11) is 0. The quantitative estimate of drug-likeness (QED) is 0.693. The molecule has 1 atom stereocenters. The molecule has 0 aliphatic heterocycles. The lowest BCUT2D eigenvalue weighted by Gasteiger charge is -2.08. The molecule has 0 amide bonds. The van der Waals surface area contributed by atoms with E-state index < -0.39 is 6.10 Å². The van der Waals surface area contributed by atoms with Crippen LogP contribution in [0.5, 0.6) is 0 Å². The Balaban J connectivity index is 1.79. The van der Waals surface area contributed by atoms with E-state index >= 15 is 0 Å². The highest BCUT2D eigenvalue weighted by Crippen LogP contribution is 2.20. The number of rotatable bonds is 6. The zero-order valence-electron chi connectivity index (χ0n) is 13.0. The average molecular weight is 306 g/mol. The summed E-state index contributed by atoms with van der Waals surface area (Å²) < 4.78 is 11.2. The van der Waals surface area contributed by atoms with Gasteiger partial charge in [0.05, 0.1) is 6.07 Å². The van der Waals surface area contributed by atoms with Gasteiger partial charge in [0.2, 0.25) is 0 Å². The van der Waals surface area contributed by atoms with Gasteiger partial charge in [0, 0.05) is 19.4 Å². The van der Waals surface area contributed by atoms with Gasteiger partial charge in [0.25, 0.3) is 0 Å². The molecule has 0 aliphatic rings.